The summed E-state index contributed by atoms with van der Waals surface area (Å²) >= 11 is 1.90. The lowest BCUT2D eigenvalue weighted by molar-refractivity contribution is -0.137. The molecule has 0 aliphatic carbocycles. The number of hydrogen-bond acceptors (Lipinski definition) is 3. The van der Waals surface area contributed by atoms with E-state index in [-0.39, 0.29) is 0 Å². The summed E-state index contributed by atoms with van der Waals surface area (Å²) in [4.78, 5) is 6.30. The Morgan fingerprint density at radius 1 is 1.10 bits per heavy atom. The van der Waals surface area contributed by atoms with Gasteiger partial charge in [0.2, 0.25) is 0 Å². The highest BCUT2D eigenvalue weighted by atomic mass is 32.2. The highest BCUT2D eigenvalue weighted by Gasteiger charge is 2.30. The molecule has 0 N–H and O–H groups in total. The van der Waals surface area contributed by atoms with Crippen LogP contribution in [0.3, 0.4) is 0 Å². The summed E-state index contributed by atoms with van der Waals surface area (Å²) in [7, 11) is 0. The van der Waals surface area contributed by atoms with E-state index >= 15 is 0 Å². The Kier molecular flexibility index (Phi) is 3.50. The molecule has 0 atom stereocenters. The average molecular weight is 298 g/mol. The first-order chi connectivity index (χ1) is 9.55. The third kappa shape index (κ3) is 2.57. The van der Waals surface area contributed by atoms with E-state index in [1.54, 1.807) is 6.20 Å². The van der Waals surface area contributed by atoms with Crippen molar-refractivity contribution >= 4 is 28.4 Å². The standard InChI is InChI=1S/C14H13F3N2S/c15-14(16,17)10-1-2-11-12(9-10)18-4-3-13(11)19-5-7-20-8-6-19/h1-4,9H,5-8H2. The van der Waals surface area contributed by atoms with E-state index in [1.807, 2.05) is 17.8 Å². The molecule has 20 heavy (non-hydrogen) atoms. The van der Waals surface area contributed by atoms with Gasteiger partial charge in [-0.05, 0) is 18.2 Å². The van der Waals surface area contributed by atoms with Gasteiger partial charge in [0.1, 0.15) is 0 Å². The van der Waals surface area contributed by atoms with E-state index < -0.39 is 11.7 Å². The number of benzene rings is 1. The second kappa shape index (κ2) is 5.16. The molecule has 0 bridgehead atoms. The molecular weight excluding hydrogens is 285 g/mol. The molecule has 2 heterocycles. The molecule has 1 aromatic carbocycles. The Morgan fingerprint density at radius 3 is 2.55 bits per heavy atom. The number of nitrogens with zero attached hydrogens (tertiary/aromatic N) is 2. The summed E-state index contributed by atoms with van der Waals surface area (Å²) < 4.78 is 38.2. The van der Waals surface area contributed by atoms with Crippen LogP contribution in [0.4, 0.5) is 18.9 Å². The Hall–Kier alpha value is -1.43. The lowest BCUT2D eigenvalue weighted by Crippen LogP contribution is -2.32. The fourth-order valence-corrected chi connectivity index (χ4v) is 3.29. The third-order valence-electron chi connectivity index (χ3n) is 3.40. The first-order valence-electron chi connectivity index (χ1n) is 6.34. The third-order valence-corrected chi connectivity index (χ3v) is 4.34. The van der Waals surface area contributed by atoms with E-state index in [2.05, 4.69) is 9.88 Å². The lowest BCUT2D eigenvalue weighted by Gasteiger charge is -2.29. The van der Waals surface area contributed by atoms with Crippen molar-refractivity contribution in [3.8, 4) is 0 Å². The van der Waals surface area contributed by atoms with E-state index in [0.717, 1.165) is 47.8 Å². The van der Waals surface area contributed by atoms with Gasteiger partial charge in [-0.3, -0.25) is 4.98 Å². The molecule has 0 saturated carbocycles. The Morgan fingerprint density at radius 2 is 1.85 bits per heavy atom. The zero-order valence-electron chi connectivity index (χ0n) is 10.7. The predicted octanol–water partition coefficient (Wildman–Crippen LogP) is 3.81. The summed E-state index contributed by atoms with van der Waals surface area (Å²) in [5, 5.41) is 0.785. The zero-order chi connectivity index (χ0) is 14.2. The van der Waals surface area contributed by atoms with Gasteiger partial charge in [0.25, 0.3) is 0 Å². The van der Waals surface area contributed by atoms with Crippen molar-refractivity contribution in [1.29, 1.82) is 0 Å². The van der Waals surface area contributed by atoms with Crippen LogP contribution in [0.5, 0.6) is 0 Å². The number of fused-ring (bicyclic) bond motifs is 1. The molecule has 1 fully saturated rings. The molecule has 2 nitrogen and oxygen atoms in total. The first kappa shape index (κ1) is 13.5. The van der Waals surface area contributed by atoms with Gasteiger partial charge in [-0.1, -0.05) is 6.07 Å². The van der Waals surface area contributed by atoms with Crippen LogP contribution in [-0.4, -0.2) is 29.6 Å². The van der Waals surface area contributed by atoms with Crippen molar-refractivity contribution in [2.75, 3.05) is 29.5 Å². The Bertz CT molecular complexity index is 621. The molecule has 1 aromatic heterocycles. The molecule has 3 rings (SSSR count). The molecule has 1 aliphatic heterocycles. The van der Waals surface area contributed by atoms with Crippen LogP contribution in [0.15, 0.2) is 30.5 Å². The number of aromatic nitrogens is 1. The second-order valence-corrected chi connectivity index (χ2v) is 5.88. The molecule has 2 aromatic rings. The molecule has 0 unspecified atom stereocenters. The molecule has 1 aliphatic rings. The molecular formula is C14H13F3N2S. The SMILES string of the molecule is FC(F)(F)c1ccc2c(N3CCSCC3)ccnc2c1. The summed E-state index contributed by atoms with van der Waals surface area (Å²) in [5.41, 5.74) is 0.725. The summed E-state index contributed by atoms with van der Waals surface area (Å²) in [6.07, 6.45) is -2.74. The maximum absolute atomic E-state index is 12.7. The molecule has 106 valence electrons. The van der Waals surface area contributed by atoms with Gasteiger partial charge in [0.15, 0.2) is 0 Å². The average Bonchev–Trinajstić information content (AvgIpc) is 2.46. The number of hydrogen-bond donors (Lipinski definition) is 0. The fourth-order valence-electron chi connectivity index (χ4n) is 2.39. The van der Waals surface area contributed by atoms with Crippen LogP contribution in [0.2, 0.25) is 0 Å². The molecule has 0 radical (unpaired) electrons. The minimum absolute atomic E-state index is 0.399. The van der Waals surface area contributed by atoms with Gasteiger partial charge in [-0.2, -0.15) is 24.9 Å². The van der Waals surface area contributed by atoms with Crippen molar-refractivity contribution in [1.82, 2.24) is 4.98 Å². The van der Waals surface area contributed by atoms with Gasteiger partial charge in [-0.25, -0.2) is 0 Å². The first-order valence-corrected chi connectivity index (χ1v) is 7.50. The molecule has 0 spiro atoms. The minimum Gasteiger partial charge on any atom is -0.369 e. The molecule has 1 saturated heterocycles. The Balaban J connectivity index is 2.06. The summed E-state index contributed by atoms with van der Waals surface area (Å²) in [5.74, 6) is 2.09. The highest BCUT2D eigenvalue weighted by molar-refractivity contribution is 7.99. The zero-order valence-corrected chi connectivity index (χ0v) is 11.5. The minimum atomic E-state index is -4.33. The van der Waals surface area contributed by atoms with Crippen LogP contribution in [-0.2, 0) is 6.18 Å². The molecule has 6 heteroatoms. The number of halogens is 3. The van der Waals surface area contributed by atoms with Gasteiger partial charge >= 0.3 is 6.18 Å². The van der Waals surface area contributed by atoms with Crippen molar-refractivity contribution in [3.63, 3.8) is 0 Å². The summed E-state index contributed by atoms with van der Waals surface area (Å²) in [6.45, 7) is 1.84. The van der Waals surface area contributed by atoms with Gasteiger partial charge in [0.05, 0.1) is 11.1 Å². The van der Waals surface area contributed by atoms with Crippen LogP contribution < -0.4 is 4.90 Å². The number of alkyl halides is 3. The smallest absolute Gasteiger partial charge is 0.369 e. The van der Waals surface area contributed by atoms with Crippen LogP contribution >= 0.6 is 11.8 Å². The highest BCUT2D eigenvalue weighted by Crippen LogP contribution is 2.34. The van der Waals surface area contributed by atoms with Crippen molar-refractivity contribution in [2.24, 2.45) is 0 Å². The van der Waals surface area contributed by atoms with Gasteiger partial charge in [-0.15, -0.1) is 0 Å². The fraction of sp³-hybridized carbons (Fsp3) is 0.357. The van der Waals surface area contributed by atoms with E-state index in [9.17, 15) is 13.2 Å². The number of pyridine rings is 1. The van der Waals surface area contributed by atoms with Crippen molar-refractivity contribution in [2.45, 2.75) is 6.18 Å². The van der Waals surface area contributed by atoms with E-state index in [1.165, 1.54) is 6.07 Å². The number of rotatable bonds is 1. The number of anilines is 1. The van der Waals surface area contributed by atoms with Crippen molar-refractivity contribution < 1.29 is 13.2 Å². The Labute approximate surface area is 119 Å². The van der Waals surface area contributed by atoms with Gasteiger partial charge in [0, 0.05) is 41.9 Å². The largest absolute Gasteiger partial charge is 0.416 e. The van der Waals surface area contributed by atoms with E-state index in [0.29, 0.717) is 5.52 Å². The van der Waals surface area contributed by atoms with Crippen LogP contribution in [0.25, 0.3) is 10.9 Å². The maximum atomic E-state index is 12.7. The quantitative estimate of drug-likeness (QED) is 0.796. The van der Waals surface area contributed by atoms with E-state index in [4.69, 9.17) is 0 Å². The maximum Gasteiger partial charge on any atom is 0.416 e. The predicted molar refractivity (Wildman–Crippen MR) is 76.3 cm³/mol. The van der Waals surface area contributed by atoms with Crippen LogP contribution in [0, 0.1) is 0 Å². The summed E-state index contributed by atoms with van der Waals surface area (Å²) in [6, 6.07) is 5.66. The molecule has 0 amide bonds. The normalized spacial score (nSPS) is 16.6. The topological polar surface area (TPSA) is 16.1 Å². The van der Waals surface area contributed by atoms with Crippen LogP contribution in [0.1, 0.15) is 5.56 Å². The monoisotopic (exact) mass is 298 g/mol. The second-order valence-electron chi connectivity index (χ2n) is 4.66. The van der Waals surface area contributed by atoms with Gasteiger partial charge < -0.3 is 4.90 Å². The lowest BCUT2D eigenvalue weighted by atomic mass is 10.1. The number of thioether (sulfide) groups is 1. The van der Waals surface area contributed by atoms with Crippen molar-refractivity contribution in [3.05, 3.63) is 36.0 Å².